The normalized spacial score (nSPS) is 19.7. The lowest BCUT2D eigenvalue weighted by molar-refractivity contribution is -0.124. The fourth-order valence-electron chi connectivity index (χ4n) is 2.03. The third-order valence-electron chi connectivity index (χ3n) is 2.96. The third kappa shape index (κ3) is 2.52. The summed E-state index contributed by atoms with van der Waals surface area (Å²) in [6.07, 6.45) is 0. The van der Waals surface area contributed by atoms with Crippen molar-refractivity contribution >= 4 is 28.9 Å². The number of hydrogen-bond donors (Lipinski definition) is 2. The fourth-order valence-corrected chi connectivity index (χ4v) is 2.33. The number of benzene rings is 1. The predicted octanol–water partition coefficient (Wildman–Crippen LogP) is 0.873. The van der Waals surface area contributed by atoms with E-state index in [0.29, 0.717) is 30.5 Å². The molecule has 1 aromatic rings. The number of ether oxygens (including phenoxy) is 1. The number of nitrogens with zero attached hydrogens (tertiary/aromatic N) is 1. The molecule has 0 spiro atoms. The van der Waals surface area contributed by atoms with Gasteiger partial charge in [-0.1, -0.05) is 11.6 Å². The highest BCUT2D eigenvalue weighted by atomic mass is 35.5. The molecule has 0 aromatic heterocycles. The van der Waals surface area contributed by atoms with Gasteiger partial charge in [-0.25, -0.2) is 0 Å². The Morgan fingerprint density at radius 2 is 2.39 bits per heavy atom. The van der Waals surface area contributed by atoms with Crippen LogP contribution >= 0.6 is 11.6 Å². The van der Waals surface area contributed by atoms with Gasteiger partial charge in [0.15, 0.2) is 0 Å². The Morgan fingerprint density at radius 1 is 1.61 bits per heavy atom. The molecular formula is C12H16ClN3O2. The molecule has 1 heterocycles. The molecule has 2 rings (SSSR count). The SMILES string of the molecule is CNC(=O)C1COCCN1c1ccc(N)cc1Cl. The lowest BCUT2D eigenvalue weighted by Crippen LogP contribution is -2.53. The van der Waals surface area contributed by atoms with Gasteiger partial charge in [-0.3, -0.25) is 4.79 Å². The van der Waals surface area contributed by atoms with Gasteiger partial charge in [0.1, 0.15) is 6.04 Å². The standard InChI is InChI=1S/C12H16ClN3O2/c1-15-12(17)11-7-18-5-4-16(11)10-3-2-8(14)6-9(10)13/h2-3,6,11H,4-5,7,14H2,1H3,(H,15,17). The molecule has 3 N–H and O–H groups in total. The number of morpholine rings is 1. The smallest absolute Gasteiger partial charge is 0.244 e. The van der Waals surface area contributed by atoms with Crippen molar-refractivity contribution in [2.45, 2.75) is 6.04 Å². The average Bonchev–Trinajstić information content (AvgIpc) is 2.38. The lowest BCUT2D eigenvalue weighted by Gasteiger charge is -2.36. The van der Waals surface area contributed by atoms with E-state index in [4.69, 9.17) is 22.1 Å². The number of halogens is 1. The molecule has 1 saturated heterocycles. The number of nitrogens with one attached hydrogen (secondary N) is 1. The van der Waals surface area contributed by atoms with Crippen LogP contribution in [0.1, 0.15) is 0 Å². The molecule has 1 amide bonds. The van der Waals surface area contributed by atoms with E-state index in [0.717, 1.165) is 5.69 Å². The first-order valence-corrected chi connectivity index (χ1v) is 6.12. The number of likely N-dealkylation sites (N-methyl/N-ethyl adjacent to an activating group) is 1. The number of rotatable bonds is 2. The van der Waals surface area contributed by atoms with Crippen LogP contribution in [0.3, 0.4) is 0 Å². The summed E-state index contributed by atoms with van der Waals surface area (Å²) in [5.74, 6) is -0.0809. The summed E-state index contributed by atoms with van der Waals surface area (Å²) in [5, 5.41) is 3.18. The highest BCUT2D eigenvalue weighted by Gasteiger charge is 2.30. The van der Waals surface area contributed by atoms with E-state index in [-0.39, 0.29) is 11.9 Å². The summed E-state index contributed by atoms with van der Waals surface area (Å²) < 4.78 is 5.35. The first kappa shape index (κ1) is 13.0. The number of amides is 1. The first-order valence-electron chi connectivity index (χ1n) is 5.74. The predicted molar refractivity (Wildman–Crippen MR) is 71.9 cm³/mol. The minimum Gasteiger partial charge on any atom is -0.399 e. The molecule has 1 fully saturated rings. The van der Waals surface area contributed by atoms with Gasteiger partial charge in [-0.2, -0.15) is 0 Å². The van der Waals surface area contributed by atoms with Gasteiger partial charge in [0.25, 0.3) is 0 Å². The topological polar surface area (TPSA) is 67.6 Å². The minimum atomic E-state index is -0.357. The Kier molecular flexibility index (Phi) is 3.93. The van der Waals surface area contributed by atoms with E-state index < -0.39 is 0 Å². The molecule has 98 valence electrons. The van der Waals surface area contributed by atoms with Crippen LogP contribution in [0.15, 0.2) is 18.2 Å². The molecule has 1 aliphatic heterocycles. The lowest BCUT2D eigenvalue weighted by atomic mass is 10.1. The first-order chi connectivity index (χ1) is 8.63. The van der Waals surface area contributed by atoms with Crippen molar-refractivity contribution < 1.29 is 9.53 Å². The van der Waals surface area contributed by atoms with Crippen molar-refractivity contribution in [1.29, 1.82) is 0 Å². The number of nitrogen functional groups attached to an aromatic ring is 1. The minimum absolute atomic E-state index is 0.0809. The fraction of sp³-hybridized carbons (Fsp3) is 0.417. The number of hydrogen-bond acceptors (Lipinski definition) is 4. The zero-order valence-corrected chi connectivity index (χ0v) is 10.9. The van der Waals surface area contributed by atoms with Crippen LogP contribution < -0.4 is 16.0 Å². The third-order valence-corrected chi connectivity index (χ3v) is 3.26. The molecule has 5 nitrogen and oxygen atoms in total. The highest BCUT2D eigenvalue weighted by Crippen LogP contribution is 2.30. The van der Waals surface area contributed by atoms with Crippen LogP contribution in [0.25, 0.3) is 0 Å². The Hall–Kier alpha value is -1.46. The van der Waals surface area contributed by atoms with E-state index in [1.807, 2.05) is 11.0 Å². The maximum absolute atomic E-state index is 11.8. The zero-order chi connectivity index (χ0) is 13.1. The second-order valence-corrected chi connectivity index (χ2v) is 4.52. The molecule has 0 bridgehead atoms. The van der Waals surface area contributed by atoms with Crippen molar-refractivity contribution in [3.63, 3.8) is 0 Å². The van der Waals surface area contributed by atoms with Crippen LogP contribution in [0, 0.1) is 0 Å². The maximum atomic E-state index is 11.8. The summed E-state index contributed by atoms with van der Waals surface area (Å²) in [6, 6.07) is 4.94. The van der Waals surface area contributed by atoms with Crippen LogP contribution in [0.5, 0.6) is 0 Å². The van der Waals surface area contributed by atoms with E-state index in [9.17, 15) is 4.79 Å². The van der Waals surface area contributed by atoms with Crippen LogP contribution in [-0.4, -0.2) is 38.8 Å². The monoisotopic (exact) mass is 269 g/mol. The van der Waals surface area contributed by atoms with Crippen molar-refractivity contribution in [2.75, 3.05) is 37.4 Å². The molecule has 1 atom stereocenters. The van der Waals surface area contributed by atoms with Gasteiger partial charge in [0.05, 0.1) is 23.9 Å². The van der Waals surface area contributed by atoms with Gasteiger partial charge in [0, 0.05) is 19.3 Å². The zero-order valence-electron chi connectivity index (χ0n) is 10.1. The summed E-state index contributed by atoms with van der Waals surface area (Å²) in [7, 11) is 1.61. The summed E-state index contributed by atoms with van der Waals surface area (Å²) in [4.78, 5) is 13.8. The Labute approximate surface area is 111 Å². The molecule has 6 heteroatoms. The summed E-state index contributed by atoms with van der Waals surface area (Å²) in [5.41, 5.74) is 7.08. The number of carbonyl (C=O) groups is 1. The van der Waals surface area contributed by atoms with E-state index in [1.54, 1.807) is 19.2 Å². The van der Waals surface area contributed by atoms with Crippen LogP contribution in [0.2, 0.25) is 5.02 Å². The second-order valence-electron chi connectivity index (χ2n) is 4.11. The average molecular weight is 270 g/mol. The number of anilines is 2. The molecule has 1 aliphatic rings. The number of carbonyl (C=O) groups excluding carboxylic acids is 1. The van der Waals surface area contributed by atoms with Gasteiger partial charge in [-0.05, 0) is 18.2 Å². The van der Waals surface area contributed by atoms with E-state index in [2.05, 4.69) is 5.32 Å². The second kappa shape index (κ2) is 5.46. The molecule has 18 heavy (non-hydrogen) atoms. The van der Waals surface area contributed by atoms with Crippen LogP contribution in [-0.2, 0) is 9.53 Å². The van der Waals surface area contributed by atoms with Crippen LogP contribution in [0.4, 0.5) is 11.4 Å². The van der Waals surface area contributed by atoms with E-state index in [1.165, 1.54) is 0 Å². The van der Waals surface area contributed by atoms with Crippen molar-refractivity contribution in [3.8, 4) is 0 Å². The van der Waals surface area contributed by atoms with Gasteiger partial charge in [-0.15, -0.1) is 0 Å². The Bertz CT molecular complexity index is 453. The van der Waals surface area contributed by atoms with Crippen molar-refractivity contribution in [3.05, 3.63) is 23.2 Å². The van der Waals surface area contributed by atoms with Gasteiger partial charge >= 0.3 is 0 Å². The Balaban J connectivity index is 2.30. The molecule has 0 saturated carbocycles. The molecule has 0 aliphatic carbocycles. The Morgan fingerprint density at radius 3 is 3.06 bits per heavy atom. The summed E-state index contributed by atoms with van der Waals surface area (Å²) >= 11 is 6.18. The molecule has 1 aromatic carbocycles. The highest BCUT2D eigenvalue weighted by molar-refractivity contribution is 6.33. The molecular weight excluding hydrogens is 254 g/mol. The van der Waals surface area contributed by atoms with Crippen molar-refractivity contribution in [2.24, 2.45) is 0 Å². The molecule has 0 radical (unpaired) electrons. The maximum Gasteiger partial charge on any atom is 0.244 e. The summed E-state index contributed by atoms with van der Waals surface area (Å²) in [6.45, 7) is 1.57. The largest absolute Gasteiger partial charge is 0.399 e. The number of nitrogens with two attached hydrogens (primary N) is 1. The quantitative estimate of drug-likeness (QED) is 0.782. The molecule has 1 unspecified atom stereocenters. The van der Waals surface area contributed by atoms with Gasteiger partial charge in [0.2, 0.25) is 5.91 Å². The van der Waals surface area contributed by atoms with Gasteiger partial charge < -0.3 is 20.7 Å². The van der Waals surface area contributed by atoms with Crippen molar-refractivity contribution in [1.82, 2.24) is 5.32 Å². The van der Waals surface area contributed by atoms with E-state index >= 15 is 0 Å².